The lowest BCUT2D eigenvalue weighted by Gasteiger charge is -2.23. The van der Waals surface area contributed by atoms with Crippen molar-refractivity contribution in [2.45, 2.75) is 97.8 Å². The fourth-order valence-electron chi connectivity index (χ4n) is 3.59. The summed E-state index contributed by atoms with van der Waals surface area (Å²) in [5.74, 6) is 2.35. The normalized spacial score (nSPS) is 12.9. The fraction of sp³-hybridized carbons (Fsp3) is 0.656. The summed E-state index contributed by atoms with van der Waals surface area (Å²) in [7, 11) is 5.59. The van der Waals surface area contributed by atoms with Crippen molar-refractivity contribution in [3.05, 3.63) is 60.8 Å². The molecule has 0 aromatic heterocycles. The van der Waals surface area contributed by atoms with Crippen LogP contribution in [0.25, 0.3) is 0 Å². The molecule has 1 N–H and O–H groups in total. The zero-order chi connectivity index (χ0) is 27.3. The molecule has 0 atom stereocenters. The fourth-order valence-corrected chi connectivity index (χ4v) is 5.65. The van der Waals surface area contributed by atoms with Gasteiger partial charge < -0.3 is 10.1 Å². The van der Waals surface area contributed by atoms with Crippen LogP contribution in [0.3, 0.4) is 0 Å². The number of ether oxygens (including phenoxy) is 1. The van der Waals surface area contributed by atoms with Gasteiger partial charge in [-0.1, -0.05) is 116 Å². The van der Waals surface area contributed by atoms with Crippen molar-refractivity contribution < 1.29 is 9.53 Å². The van der Waals surface area contributed by atoms with Crippen LogP contribution in [0.15, 0.2) is 60.8 Å². The van der Waals surface area contributed by atoms with Gasteiger partial charge in [-0.2, -0.15) is 0 Å². The van der Waals surface area contributed by atoms with Crippen LogP contribution in [-0.4, -0.2) is 37.7 Å². The van der Waals surface area contributed by atoms with Gasteiger partial charge in [0.05, 0.1) is 6.61 Å². The van der Waals surface area contributed by atoms with Gasteiger partial charge in [-0.05, 0) is 63.2 Å². The molecule has 0 unspecified atom stereocenters. The molecule has 37 heavy (non-hydrogen) atoms. The molecule has 0 bridgehead atoms. The molecule has 0 radical (unpaired) electrons. The summed E-state index contributed by atoms with van der Waals surface area (Å²) in [5.41, 5.74) is 0.295. The minimum atomic E-state index is 0.177. The molecule has 0 aliphatic rings. The second-order valence-electron chi connectivity index (χ2n) is 10.0. The van der Waals surface area contributed by atoms with E-state index in [1.165, 1.54) is 31.4 Å². The summed E-state index contributed by atoms with van der Waals surface area (Å²) in [5, 5.41) is 3.04. The molecule has 0 saturated heterocycles. The first kappa shape index (κ1) is 35.8. The number of nitrogens with one attached hydrogen (secondary N) is 1. The average Bonchev–Trinajstić information content (AvgIpc) is 2.87. The molecule has 0 aromatic rings. The van der Waals surface area contributed by atoms with Crippen molar-refractivity contribution in [1.82, 2.24) is 5.32 Å². The van der Waals surface area contributed by atoms with E-state index in [4.69, 9.17) is 4.74 Å². The molecule has 0 aromatic carbocycles. The summed E-state index contributed by atoms with van der Waals surface area (Å²) in [6.45, 7) is 8.32. The number of rotatable bonds is 25. The lowest BCUT2D eigenvalue weighted by molar-refractivity contribution is -0.121. The maximum absolute atomic E-state index is 12.0. The van der Waals surface area contributed by atoms with E-state index >= 15 is 0 Å². The largest absolute Gasteiger partial charge is 0.384 e. The predicted octanol–water partition coefficient (Wildman–Crippen LogP) is 9.64. The maximum atomic E-state index is 12.0. The van der Waals surface area contributed by atoms with E-state index in [0.29, 0.717) is 11.8 Å². The van der Waals surface area contributed by atoms with E-state index < -0.39 is 0 Å². The number of carbonyl (C=O) groups excluding carboxylic acids is 1. The Labute approximate surface area is 237 Å². The maximum Gasteiger partial charge on any atom is 0.220 e. The van der Waals surface area contributed by atoms with Crippen molar-refractivity contribution in [3.63, 3.8) is 0 Å². The van der Waals surface area contributed by atoms with E-state index in [1.54, 1.807) is 7.11 Å². The van der Waals surface area contributed by atoms with Gasteiger partial charge in [-0.15, -0.1) is 0 Å². The Morgan fingerprint density at radius 3 is 1.92 bits per heavy atom. The van der Waals surface area contributed by atoms with Crippen LogP contribution in [0.4, 0.5) is 0 Å². The van der Waals surface area contributed by atoms with Crippen LogP contribution < -0.4 is 5.32 Å². The first-order valence-electron chi connectivity index (χ1n) is 14.3. The number of allylic oxidation sites excluding steroid dienone is 10. The van der Waals surface area contributed by atoms with E-state index in [1.807, 2.05) is 21.6 Å². The Kier molecular flexibility index (Phi) is 27.0. The lowest BCUT2D eigenvalue weighted by Crippen LogP contribution is -2.25. The minimum absolute atomic E-state index is 0.177. The first-order chi connectivity index (χ1) is 18.0. The molecule has 0 saturated carbocycles. The van der Waals surface area contributed by atoms with Crippen LogP contribution in [-0.2, 0) is 9.53 Å². The van der Waals surface area contributed by atoms with Crippen LogP contribution in [0.2, 0.25) is 0 Å². The van der Waals surface area contributed by atoms with Gasteiger partial charge in [-0.3, -0.25) is 4.79 Å². The molecule has 0 heterocycles. The highest BCUT2D eigenvalue weighted by atomic mass is 33.1. The molecule has 0 aliphatic heterocycles. The lowest BCUT2D eigenvalue weighted by atomic mass is 9.88. The molecular weight excluding hydrogens is 494 g/mol. The highest BCUT2D eigenvalue weighted by Gasteiger charge is 2.16. The highest BCUT2D eigenvalue weighted by Crippen LogP contribution is 2.26. The van der Waals surface area contributed by atoms with Gasteiger partial charge in [0.15, 0.2) is 0 Å². The van der Waals surface area contributed by atoms with Gasteiger partial charge in [0.2, 0.25) is 5.91 Å². The summed E-state index contributed by atoms with van der Waals surface area (Å²) in [6.07, 6.45) is 34.8. The van der Waals surface area contributed by atoms with Gasteiger partial charge in [-0.25, -0.2) is 0 Å². The third-order valence-electron chi connectivity index (χ3n) is 5.64. The summed E-state index contributed by atoms with van der Waals surface area (Å²) in [6, 6.07) is 0. The molecular formula is C32H55NO2S2. The standard InChI is InChI=1S/C32H55NO2S2/c1-5-6-7-8-9-10-11-12-13-14-15-16-17-18-19-20-22-25-31(34)33-27-29-37-36-28-24-21-23-26-32(2,3)30-35-4/h6-7,9-10,12-13,15-16,18-19H,5,8,11,14,17,20-30H2,1-4H3,(H,33,34)/b7-6-,10-9-,13-12-,16-15-,19-18-. The average molecular weight is 550 g/mol. The van der Waals surface area contributed by atoms with Crippen molar-refractivity contribution in [2.24, 2.45) is 5.41 Å². The smallest absolute Gasteiger partial charge is 0.220 e. The number of carbonyl (C=O) groups is 1. The molecule has 0 spiro atoms. The zero-order valence-electron chi connectivity index (χ0n) is 24.2. The van der Waals surface area contributed by atoms with Crippen LogP contribution in [0.5, 0.6) is 0 Å². The third kappa shape index (κ3) is 29.2. The Morgan fingerprint density at radius 1 is 0.757 bits per heavy atom. The molecule has 0 rings (SSSR count). The van der Waals surface area contributed by atoms with Crippen molar-refractivity contribution in [1.29, 1.82) is 0 Å². The van der Waals surface area contributed by atoms with Gasteiger partial charge in [0.1, 0.15) is 0 Å². The molecule has 0 fully saturated rings. The third-order valence-corrected chi connectivity index (χ3v) is 8.13. The zero-order valence-corrected chi connectivity index (χ0v) is 25.9. The number of amides is 1. The molecule has 0 aliphatic carbocycles. The summed E-state index contributed by atoms with van der Waals surface area (Å²) < 4.78 is 5.28. The first-order valence-corrected chi connectivity index (χ1v) is 16.8. The number of unbranched alkanes of at least 4 members (excludes halogenated alkanes) is 3. The van der Waals surface area contributed by atoms with Crippen molar-refractivity contribution in [2.75, 3.05) is 31.8 Å². The quantitative estimate of drug-likeness (QED) is 0.0699. The summed E-state index contributed by atoms with van der Waals surface area (Å²) >= 11 is 0. The van der Waals surface area contributed by atoms with Crippen LogP contribution in [0.1, 0.15) is 97.8 Å². The van der Waals surface area contributed by atoms with E-state index in [0.717, 1.165) is 63.9 Å². The van der Waals surface area contributed by atoms with Crippen LogP contribution >= 0.6 is 21.6 Å². The van der Waals surface area contributed by atoms with Crippen molar-refractivity contribution in [3.8, 4) is 0 Å². The van der Waals surface area contributed by atoms with Gasteiger partial charge in [0.25, 0.3) is 0 Å². The SMILES string of the molecule is CC/C=C\C/C=C\C/C=C\C/C=C\C/C=C\CCCC(=O)NCCSSCCCCCC(C)(C)COC. The minimum Gasteiger partial charge on any atom is -0.384 e. The Morgan fingerprint density at radius 2 is 1.32 bits per heavy atom. The van der Waals surface area contributed by atoms with E-state index in [-0.39, 0.29) is 5.91 Å². The predicted molar refractivity (Wildman–Crippen MR) is 170 cm³/mol. The Balaban J connectivity index is 3.47. The van der Waals surface area contributed by atoms with Crippen molar-refractivity contribution >= 4 is 27.5 Å². The van der Waals surface area contributed by atoms with Crippen LogP contribution in [0, 0.1) is 5.41 Å². The topological polar surface area (TPSA) is 38.3 Å². The molecule has 3 nitrogen and oxygen atoms in total. The Bertz CT molecular complexity index is 666. The number of hydrogen-bond donors (Lipinski definition) is 1. The van der Waals surface area contributed by atoms with Gasteiger partial charge >= 0.3 is 0 Å². The highest BCUT2D eigenvalue weighted by molar-refractivity contribution is 8.76. The number of methoxy groups -OCH3 is 1. The molecule has 5 heteroatoms. The summed E-state index contributed by atoms with van der Waals surface area (Å²) in [4.78, 5) is 12.0. The molecule has 212 valence electrons. The van der Waals surface area contributed by atoms with Gasteiger partial charge in [0, 0.05) is 31.6 Å². The second kappa shape index (κ2) is 27.9. The number of hydrogen-bond acceptors (Lipinski definition) is 4. The monoisotopic (exact) mass is 549 g/mol. The molecule has 1 amide bonds. The second-order valence-corrected chi connectivity index (χ2v) is 12.7. The van der Waals surface area contributed by atoms with E-state index in [9.17, 15) is 4.79 Å². The Hall–Kier alpha value is -1.17. The van der Waals surface area contributed by atoms with E-state index in [2.05, 4.69) is 86.8 Å².